The first kappa shape index (κ1) is 41.9. The summed E-state index contributed by atoms with van der Waals surface area (Å²) in [6.07, 6.45) is 21.3. The summed E-state index contributed by atoms with van der Waals surface area (Å²) in [6.45, 7) is 8.99. The van der Waals surface area contributed by atoms with Gasteiger partial charge in [0.05, 0.1) is 32.5 Å². The van der Waals surface area contributed by atoms with E-state index < -0.39 is 0 Å². The summed E-state index contributed by atoms with van der Waals surface area (Å²) >= 11 is 3.55. The molecule has 58 heavy (non-hydrogen) atoms. The van der Waals surface area contributed by atoms with Crippen LogP contribution in [0.4, 0.5) is 0 Å². The summed E-state index contributed by atoms with van der Waals surface area (Å²) in [7, 11) is 0. The molecule has 6 rings (SSSR count). The van der Waals surface area contributed by atoms with Gasteiger partial charge in [-0.05, 0) is 145 Å². The van der Waals surface area contributed by atoms with Crippen molar-refractivity contribution in [1.82, 2.24) is 19.9 Å². The molecule has 0 spiro atoms. The van der Waals surface area contributed by atoms with Gasteiger partial charge < -0.3 is 0 Å². The maximum absolute atomic E-state index is 4.65. The van der Waals surface area contributed by atoms with Gasteiger partial charge in [-0.15, -0.1) is 22.7 Å². The minimum absolute atomic E-state index is 0.783. The van der Waals surface area contributed by atoms with Crippen molar-refractivity contribution in [3.8, 4) is 70.1 Å². The minimum atomic E-state index is 0.783. The molecule has 6 aromatic heterocycles. The number of pyridine rings is 4. The van der Waals surface area contributed by atoms with Gasteiger partial charge in [-0.3, -0.25) is 19.9 Å². The van der Waals surface area contributed by atoms with Crippen molar-refractivity contribution < 1.29 is 0 Å². The van der Waals surface area contributed by atoms with E-state index >= 15 is 0 Å². The number of aryl methyl sites for hydroxylation is 2. The number of hydrogen-bond acceptors (Lipinski definition) is 6. The van der Waals surface area contributed by atoms with Gasteiger partial charge >= 0.3 is 0 Å². The number of nitrogens with zero attached hydrogens (tertiary/aromatic N) is 4. The van der Waals surface area contributed by atoms with Gasteiger partial charge in [-0.1, -0.05) is 88.9 Å². The zero-order valence-electron chi connectivity index (χ0n) is 34.2. The third-order valence-corrected chi connectivity index (χ3v) is 11.8. The molecule has 0 saturated carbocycles. The molecule has 0 amide bonds. The molecule has 0 bridgehead atoms. The Balaban J connectivity index is 1.03. The first-order valence-electron chi connectivity index (χ1n) is 20.7. The number of aromatic nitrogens is 4. The lowest BCUT2D eigenvalue weighted by molar-refractivity contribution is 0.761. The molecule has 0 aromatic carbocycles. The van der Waals surface area contributed by atoms with Crippen molar-refractivity contribution in [3.05, 3.63) is 138 Å². The summed E-state index contributed by atoms with van der Waals surface area (Å²) < 4.78 is 0. The molecule has 6 aromatic rings. The third-order valence-electron chi connectivity index (χ3n) is 9.82. The highest BCUT2D eigenvalue weighted by Gasteiger charge is 2.11. The molecule has 0 radical (unpaired) electrons. The highest BCUT2D eigenvalue weighted by Crippen LogP contribution is 2.27. The van der Waals surface area contributed by atoms with E-state index in [1.54, 1.807) is 35.1 Å². The Hall–Kier alpha value is -5.76. The fourth-order valence-electron chi connectivity index (χ4n) is 6.40. The van der Waals surface area contributed by atoms with Gasteiger partial charge in [0.25, 0.3) is 0 Å². The smallest absolute Gasteiger partial charge is 0.0887 e. The Morgan fingerprint density at radius 3 is 1.03 bits per heavy atom. The highest BCUT2D eigenvalue weighted by atomic mass is 32.1. The van der Waals surface area contributed by atoms with Gasteiger partial charge in [0.1, 0.15) is 0 Å². The van der Waals surface area contributed by atoms with Gasteiger partial charge in [0.2, 0.25) is 0 Å². The second kappa shape index (κ2) is 22.3. The predicted octanol–water partition coefficient (Wildman–Crippen LogP) is 12.3. The second-order valence-electron chi connectivity index (χ2n) is 14.3. The molecule has 0 N–H and O–H groups in total. The molecule has 6 heteroatoms. The van der Waals surface area contributed by atoms with Crippen LogP contribution in [0.3, 0.4) is 0 Å². The van der Waals surface area contributed by atoms with Gasteiger partial charge in [0, 0.05) is 47.0 Å². The van der Waals surface area contributed by atoms with Crippen LogP contribution >= 0.6 is 22.7 Å². The first-order chi connectivity index (χ1) is 28.6. The summed E-state index contributed by atoms with van der Waals surface area (Å²) in [5.74, 6) is 25.6. The van der Waals surface area contributed by atoms with Crippen molar-refractivity contribution in [2.75, 3.05) is 0 Å². The quantitative estimate of drug-likeness (QED) is 0.103. The molecule has 0 saturated heterocycles. The van der Waals surface area contributed by atoms with E-state index in [1.807, 2.05) is 60.9 Å². The lowest BCUT2D eigenvalue weighted by Crippen LogP contribution is -1.93. The third kappa shape index (κ3) is 11.9. The van der Waals surface area contributed by atoms with Gasteiger partial charge in [0.15, 0.2) is 0 Å². The van der Waals surface area contributed by atoms with E-state index in [-0.39, 0.29) is 0 Å². The van der Waals surface area contributed by atoms with Crippen molar-refractivity contribution in [2.24, 2.45) is 0 Å². The topological polar surface area (TPSA) is 51.6 Å². The van der Waals surface area contributed by atoms with Crippen LogP contribution in [0.5, 0.6) is 0 Å². The van der Waals surface area contributed by atoms with Crippen molar-refractivity contribution in [1.29, 1.82) is 0 Å². The Morgan fingerprint density at radius 2 is 0.724 bits per heavy atom. The molecular formula is C52H50N4S2. The van der Waals surface area contributed by atoms with E-state index in [0.29, 0.717) is 0 Å². The average Bonchev–Trinajstić information content (AvgIpc) is 3.86. The molecule has 290 valence electrons. The van der Waals surface area contributed by atoms with Crippen molar-refractivity contribution in [3.63, 3.8) is 0 Å². The van der Waals surface area contributed by atoms with Gasteiger partial charge in [-0.2, -0.15) is 0 Å². The zero-order chi connectivity index (χ0) is 40.4. The minimum Gasteiger partial charge on any atom is -0.253 e. The second-order valence-corrected chi connectivity index (χ2v) is 16.0. The van der Waals surface area contributed by atoms with Crippen LogP contribution in [0.25, 0.3) is 22.8 Å². The summed E-state index contributed by atoms with van der Waals surface area (Å²) in [6, 6.07) is 15.7. The Bertz CT molecular complexity index is 2320. The van der Waals surface area contributed by atoms with Crippen LogP contribution in [-0.2, 0) is 25.7 Å². The standard InChI is InChI=1S/C52H50N4S2/c1-5-9-17-43-37-57-51(45(43)19-11-7-3)31-25-41-23-29-49(55-35-41)47-27-21-39(33-53-47)15-13-14-16-40-22-28-48(54-34-40)50-30-24-42(36-56-50)26-32-52-46(20-12-8-4)44(38-58-52)18-10-6-2/h21-24,27-30,33-38H,5-12,17-20H2,1-4H3. The predicted molar refractivity (Wildman–Crippen MR) is 244 cm³/mol. The maximum atomic E-state index is 4.65. The van der Waals surface area contributed by atoms with Crippen LogP contribution in [0.1, 0.15) is 133 Å². The molecule has 0 aliphatic rings. The lowest BCUT2D eigenvalue weighted by Gasteiger charge is -2.04. The number of rotatable bonds is 14. The maximum Gasteiger partial charge on any atom is 0.0887 e. The summed E-state index contributed by atoms with van der Waals surface area (Å²) in [5.41, 5.74) is 12.4. The fourth-order valence-corrected chi connectivity index (χ4v) is 8.41. The van der Waals surface area contributed by atoms with E-state index in [4.69, 9.17) is 0 Å². The van der Waals surface area contributed by atoms with E-state index in [1.165, 1.54) is 83.4 Å². The largest absolute Gasteiger partial charge is 0.253 e. The van der Waals surface area contributed by atoms with E-state index in [2.05, 4.69) is 106 Å². The molecule has 0 aliphatic heterocycles. The van der Waals surface area contributed by atoms with Crippen molar-refractivity contribution >= 4 is 22.7 Å². The SMILES string of the molecule is CCCCc1csc(C#Cc2ccc(-c3ccc(C#CC#Cc4ccc(-c5ccc(C#Cc6scc(CCCC)c6CCCC)cn5)nc4)cn3)nc2)c1CCCC. The molecule has 0 atom stereocenters. The monoisotopic (exact) mass is 794 g/mol. The molecule has 0 fully saturated rings. The number of unbranched alkanes of at least 4 members (excludes halogenated alkanes) is 4. The summed E-state index contributed by atoms with van der Waals surface area (Å²) in [5, 5.41) is 4.62. The average molecular weight is 795 g/mol. The number of hydrogen-bond donors (Lipinski definition) is 0. The van der Waals surface area contributed by atoms with Gasteiger partial charge in [-0.25, -0.2) is 0 Å². The molecule has 4 nitrogen and oxygen atoms in total. The van der Waals surface area contributed by atoms with Crippen LogP contribution in [0.2, 0.25) is 0 Å². The zero-order valence-corrected chi connectivity index (χ0v) is 35.8. The molecule has 0 aliphatic carbocycles. The van der Waals surface area contributed by atoms with Crippen LogP contribution in [0, 0.1) is 47.4 Å². The molecular weight excluding hydrogens is 745 g/mol. The number of thiophene rings is 2. The lowest BCUT2D eigenvalue weighted by atomic mass is 10.0. The Kier molecular flexibility index (Phi) is 16.1. The molecule has 0 unspecified atom stereocenters. The highest BCUT2D eigenvalue weighted by molar-refractivity contribution is 7.11. The van der Waals surface area contributed by atoms with E-state index in [0.717, 1.165) is 70.7 Å². The first-order valence-corrected chi connectivity index (χ1v) is 22.4. The molecule has 6 heterocycles. The summed E-state index contributed by atoms with van der Waals surface area (Å²) in [4.78, 5) is 20.9. The van der Waals surface area contributed by atoms with Crippen LogP contribution in [-0.4, -0.2) is 19.9 Å². The van der Waals surface area contributed by atoms with Crippen molar-refractivity contribution in [2.45, 2.75) is 105 Å². The van der Waals surface area contributed by atoms with Crippen LogP contribution < -0.4 is 0 Å². The Morgan fingerprint density at radius 1 is 0.397 bits per heavy atom. The Labute approximate surface area is 354 Å². The van der Waals surface area contributed by atoms with Crippen LogP contribution in [0.15, 0.2) is 84.1 Å². The fraction of sp³-hybridized carbons (Fsp3) is 0.308. The van der Waals surface area contributed by atoms with E-state index in [9.17, 15) is 0 Å². The normalized spacial score (nSPS) is 10.3.